The first-order valence-electron chi connectivity index (χ1n) is 5.61. The van der Waals surface area contributed by atoms with Crippen molar-refractivity contribution in [2.24, 2.45) is 0 Å². The summed E-state index contributed by atoms with van der Waals surface area (Å²) in [6, 6.07) is 9.93. The van der Waals surface area contributed by atoms with Gasteiger partial charge in [-0.3, -0.25) is 0 Å². The summed E-state index contributed by atoms with van der Waals surface area (Å²) in [6.45, 7) is 0.420. The van der Waals surface area contributed by atoms with Crippen LogP contribution in [0.1, 0.15) is 5.56 Å². The summed E-state index contributed by atoms with van der Waals surface area (Å²) < 4.78 is 19.3. The van der Waals surface area contributed by atoms with E-state index in [1.54, 1.807) is 13.2 Å². The summed E-state index contributed by atoms with van der Waals surface area (Å²) in [6.07, 6.45) is 0. The van der Waals surface area contributed by atoms with E-state index >= 15 is 0 Å². The van der Waals surface area contributed by atoms with Gasteiger partial charge in [0.05, 0.1) is 12.8 Å². The minimum Gasteiger partial charge on any atom is -0.495 e. The largest absolute Gasteiger partial charge is 0.495 e. The molecule has 0 spiro atoms. The summed E-state index contributed by atoms with van der Waals surface area (Å²) in [5.41, 5.74) is 1.51. The zero-order valence-corrected chi connectivity index (χ0v) is 12.6. The van der Waals surface area contributed by atoms with Gasteiger partial charge < -0.3 is 10.1 Å². The third-order valence-electron chi connectivity index (χ3n) is 2.64. The highest BCUT2D eigenvalue weighted by Gasteiger charge is 2.06. The fraction of sp³-hybridized carbons (Fsp3) is 0.143. The molecule has 0 aliphatic carbocycles. The van der Waals surface area contributed by atoms with E-state index in [1.165, 1.54) is 12.1 Å². The van der Waals surface area contributed by atoms with Gasteiger partial charge in [-0.05, 0) is 42.0 Å². The molecule has 0 aliphatic heterocycles. The Bertz CT molecular complexity index is 592. The molecule has 0 unspecified atom stereocenters. The van der Waals surface area contributed by atoms with Crippen LogP contribution in [0.25, 0.3) is 0 Å². The van der Waals surface area contributed by atoms with Crippen molar-refractivity contribution in [1.29, 1.82) is 0 Å². The quantitative estimate of drug-likeness (QED) is 0.855. The zero-order valence-electron chi connectivity index (χ0n) is 10.2. The summed E-state index contributed by atoms with van der Waals surface area (Å²) in [4.78, 5) is 0. The Morgan fingerprint density at radius 1 is 1.26 bits per heavy atom. The van der Waals surface area contributed by atoms with E-state index in [1.807, 2.05) is 18.2 Å². The SMILES string of the molecule is COc1ccc(Br)cc1NCc1cc(F)ccc1Cl. The van der Waals surface area contributed by atoms with Crippen molar-refractivity contribution in [1.82, 2.24) is 0 Å². The average Bonchev–Trinajstić information content (AvgIpc) is 2.40. The average molecular weight is 345 g/mol. The van der Waals surface area contributed by atoms with Crippen molar-refractivity contribution in [3.8, 4) is 5.75 Å². The van der Waals surface area contributed by atoms with Crippen molar-refractivity contribution >= 4 is 33.2 Å². The molecule has 2 aromatic rings. The van der Waals surface area contributed by atoms with E-state index in [0.717, 1.165) is 15.9 Å². The molecule has 0 bridgehead atoms. The predicted molar refractivity (Wildman–Crippen MR) is 79.4 cm³/mol. The number of benzene rings is 2. The van der Waals surface area contributed by atoms with Crippen molar-refractivity contribution < 1.29 is 9.13 Å². The Kier molecular flexibility index (Phi) is 4.66. The monoisotopic (exact) mass is 343 g/mol. The van der Waals surface area contributed by atoms with Gasteiger partial charge in [0.25, 0.3) is 0 Å². The lowest BCUT2D eigenvalue weighted by Gasteiger charge is -2.12. The smallest absolute Gasteiger partial charge is 0.142 e. The van der Waals surface area contributed by atoms with Crippen LogP contribution in [-0.4, -0.2) is 7.11 Å². The van der Waals surface area contributed by atoms with Crippen LogP contribution in [0, 0.1) is 5.82 Å². The molecule has 0 amide bonds. The maximum absolute atomic E-state index is 13.2. The van der Waals surface area contributed by atoms with Crippen LogP contribution in [0.15, 0.2) is 40.9 Å². The van der Waals surface area contributed by atoms with Crippen molar-refractivity contribution in [3.63, 3.8) is 0 Å². The standard InChI is InChI=1S/C14H12BrClFNO/c1-19-14-5-2-10(15)7-13(14)18-8-9-6-11(17)3-4-12(9)16/h2-7,18H,8H2,1H3. The molecule has 0 saturated carbocycles. The fourth-order valence-electron chi connectivity index (χ4n) is 1.69. The molecule has 19 heavy (non-hydrogen) atoms. The lowest BCUT2D eigenvalue weighted by atomic mass is 10.2. The molecule has 2 nitrogen and oxygen atoms in total. The highest BCUT2D eigenvalue weighted by Crippen LogP contribution is 2.29. The number of methoxy groups -OCH3 is 1. The van der Waals surface area contributed by atoms with E-state index in [9.17, 15) is 4.39 Å². The van der Waals surface area contributed by atoms with Gasteiger partial charge in [-0.25, -0.2) is 4.39 Å². The van der Waals surface area contributed by atoms with Gasteiger partial charge in [0, 0.05) is 16.0 Å². The van der Waals surface area contributed by atoms with E-state index < -0.39 is 0 Å². The van der Waals surface area contributed by atoms with Crippen LogP contribution < -0.4 is 10.1 Å². The van der Waals surface area contributed by atoms with Gasteiger partial charge >= 0.3 is 0 Å². The number of halogens is 3. The molecule has 0 fully saturated rings. The minimum absolute atomic E-state index is 0.303. The Labute approximate surface area is 124 Å². The molecule has 0 atom stereocenters. The molecule has 0 radical (unpaired) electrons. The van der Waals surface area contributed by atoms with E-state index in [2.05, 4.69) is 21.2 Å². The maximum Gasteiger partial charge on any atom is 0.142 e. The molecule has 0 heterocycles. The van der Waals surface area contributed by atoms with Gasteiger partial charge in [0.2, 0.25) is 0 Å². The lowest BCUT2D eigenvalue weighted by molar-refractivity contribution is 0.416. The van der Waals surface area contributed by atoms with Crippen LogP contribution in [0.5, 0.6) is 5.75 Å². The summed E-state index contributed by atoms with van der Waals surface area (Å²) in [5, 5.41) is 3.71. The first kappa shape index (κ1) is 14.2. The van der Waals surface area contributed by atoms with Gasteiger partial charge in [0.15, 0.2) is 0 Å². The molecular formula is C14H12BrClFNO. The topological polar surface area (TPSA) is 21.3 Å². The Balaban J connectivity index is 2.18. The Morgan fingerprint density at radius 3 is 2.79 bits per heavy atom. The lowest BCUT2D eigenvalue weighted by Crippen LogP contribution is -2.02. The first-order valence-corrected chi connectivity index (χ1v) is 6.78. The molecule has 2 aromatic carbocycles. The third kappa shape index (κ3) is 3.61. The molecular weight excluding hydrogens is 333 g/mol. The number of ether oxygens (including phenoxy) is 1. The number of anilines is 1. The van der Waals surface area contributed by atoms with Crippen molar-refractivity contribution in [3.05, 3.63) is 57.3 Å². The Hall–Kier alpha value is -1.26. The summed E-state index contributed by atoms with van der Waals surface area (Å²) in [7, 11) is 1.60. The van der Waals surface area contributed by atoms with Gasteiger partial charge in [0.1, 0.15) is 11.6 Å². The predicted octanol–water partition coefficient (Wildman–Crippen LogP) is 4.86. The molecule has 0 saturated heterocycles. The normalized spacial score (nSPS) is 10.3. The number of nitrogens with one attached hydrogen (secondary N) is 1. The van der Waals surface area contributed by atoms with Gasteiger partial charge in [-0.15, -0.1) is 0 Å². The molecule has 0 aromatic heterocycles. The van der Waals surface area contributed by atoms with E-state index in [4.69, 9.17) is 16.3 Å². The second-order valence-electron chi connectivity index (χ2n) is 3.93. The molecule has 0 aliphatic rings. The van der Waals surface area contributed by atoms with Crippen molar-refractivity contribution in [2.75, 3.05) is 12.4 Å². The second kappa shape index (κ2) is 6.26. The van der Waals surface area contributed by atoms with E-state index in [0.29, 0.717) is 17.1 Å². The summed E-state index contributed by atoms with van der Waals surface area (Å²) >= 11 is 9.42. The molecule has 100 valence electrons. The number of hydrogen-bond acceptors (Lipinski definition) is 2. The highest BCUT2D eigenvalue weighted by atomic mass is 79.9. The number of rotatable bonds is 4. The van der Waals surface area contributed by atoms with Crippen LogP contribution in [0.4, 0.5) is 10.1 Å². The van der Waals surface area contributed by atoms with Crippen LogP contribution in [0.2, 0.25) is 5.02 Å². The first-order chi connectivity index (χ1) is 9.10. The molecule has 2 rings (SSSR count). The maximum atomic E-state index is 13.2. The minimum atomic E-state index is -0.303. The van der Waals surface area contributed by atoms with Crippen LogP contribution in [-0.2, 0) is 6.54 Å². The summed E-state index contributed by atoms with van der Waals surface area (Å²) in [5.74, 6) is 0.415. The molecule has 5 heteroatoms. The van der Waals surface area contributed by atoms with Gasteiger partial charge in [-0.2, -0.15) is 0 Å². The fourth-order valence-corrected chi connectivity index (χ4v) is 2.23. The second-order valence-corrected chi connectivity index (χ2v) is 5.26. The highest BCUT2D eigenvalue weighted by molar-refractivity contribution is 9.10. The third-order valence-corrected chi connectivity index (χ3v) is 3.50. The zero-order chi connectivity index (χ0) is 13.8. The van der Waals surface area contributed by atoms with Crippen LogP contribution in [0.3, 0.4) is 0 Å². The Morgan fingerprint density at radius 2 is 2.05 bits per heavy atom. The van der Waals surface area contributed by atoms with Gasteiger partial charge in [-0.1, -0.05) is 27.5 Å². The van der Waals surface area contributed by atoms with Crippen LogP contribution >= 0.6 is 27.5 Å². The molecule has 1 N–H and O–H groups in total. The van der Waals surface area contributed by atoms with E-state index in [-0.39, 0.29) is 5.82 Å². The number of hydrogen-bond donors (Lipinski definition) is 1. The van der Waals surface area contributed by atoms with Crippen molar-refractivity contribution in [2.45, 2.75) is 6.54 Å².